The highest BCUT2D eigenvalue weighted by atomic mass is 16.4. The second-order valence-electron chi connectivity index (χ2n) is 9.06. The molecule has 0 aliphatic carbocycles. The third-order valence-electron chi connectivity index (χ3n) is 6.97. The first-order valence-corrected chi connectivity index (χ1v) is 11.2. The second kappa shape index (κ2) is 7.07. The molecule has 2 saturated heterocycles. The third-order valence-corrected chi connectivity index (χ3v) is 6.97. The molecular formula is C26H26N4O2. The van der Waals surface area contributed by atoms with Crippen molar-refractivity contribution in [3.63, 3.8) is 0 Å². The van der Waals surface area contributed by atoms with Crippen LogP contribution in [-0.2, 0) is 0 Å². The lowest BCUT2D eigenvalue weighted by Crippen LogP contribution is -2.50. The molecule has 1 aromatic carbocycles. The van der Waals surface area contributed by atoms with Crippen LogP contribution in [0, 0.1) is 13.8 Å². The lowest BCUT2D eigenvalue weighted by atomic mass is 10.1. The zero-order valence-corrected chi connectivity index (χ0v) is 18.5. The van der Waals surface area contributed by atoms with Gasteiger partial charge in [0.25, 0.3) is 0 Å². The lowest BCUT2D eigenvalue weighted by Gasteiger charge is -2.39. The molecular weight excluding hydrogens is 400 g/mol. The Kier molecular flexibility index (Phi) is 4.27. The maximum Gasteiger partial charge on any atom is 0.344 e. The van der Waals surface area contributed by atoms with Crippen molar-refractivity contribution in [2.75, 3.05) is 31.1 Å². The largest absolute Gasteiger partial charge is 0.422 e. The van der Waals surface area contributed by atoms with Gasteiger partial charge in [0.05, 0.1) is 22.3 Å². The number of nitrogens with zero attached hydrogens (tertiary/aromatic N) is 4. The Morgan fingerprint density at radius 3 is 2.84 bits per heavy atom. The van der Waals surface area contributed by atoms with E-state index in [2.05, 4.69) is 27.4 Å². The fourth-order valence-electron chi connectivity index (χ4n) is 5.24. The zero-order chi connectivity index (χ0) is 22.0. The van der Waals surface area contributed by atoms with Gasteiger partial charge >= 0.3 is 5.63 Å². The van der Waals surface area contributed by atoms with Gasteiger partial charge in [0.15, 0.2) is 0 Å². The monoisotopic (exact) mass is 426 g/mol. The molecule has 0 N–H and O–H groups in total. The predicted molar refractivity (Wildman–Crippen MR) is 127 cm³/mol. The fraction of sp³-hybridized carbons (Fsp3) is 0.308. The van der Waals surface area contributed by atoms with E-state index in [9.17, 15) is 4.79 Å². The third kappa shape index (κ3) is 3.06. The van der Waals surface area contributed by atoms with Gasteiger partial charge in [0.1, 0.15) is 5.76 Å². The smallest absolute Gasteiger partial charge is 0.344 e. The van der Waals surface area contributed by atoms with Crippen LogP contribution >= 0.6 is 0 Å². The number of piperazine rings is 1. The van der Waals surface area contributed by atoms with Crippen LogP contribution in [0.4, 0.5) is 5.69 Å². The molecule has 2 fully saturated rings. The molecule has 0 radical (unpaired) electrons. The minimum Gasteiger partial charge on any atom is -0.422 e. The van der Waals surface area contributed by atoms with E-state index in [0.717, 1.165) is 66.1 Å². The minimum absolute atomic E-state index is 0.301. The number of fused-ring (bicyclic) bond motifs is 3. The Balaban J connectivity index is 1.37. The van der Waals surface area contributed by atoms with E-state index in [0.29, 0.717) is 17.2 Å². The van der Waals surface area contributed by atoms with Crippen molar-refractivity contribution < 1.29 is 4.42 Å². The summed E-state index contributed by atoms with van der Waals surface area (Å²) in [5, 5.41) is 1.52. The highest BCUT2D eigenvalue weighted by Crippen LogP contribution is 2.31. The molecule has 4 aromatic rings. The molecule has 0 saturated carbocycles. The van der Waals surface area contributed by atoms with Gasteiger partial charge in [-0.3, -0.25) is 9.88 Å². The standard InChI is InChI=1S/C26H26N4O2/c1-16-6-7-28-8-9-29(15-24(16)28)21-5-4-19-11-25(32-26(31)22(19)12-21)20-10-23-18(3)27-17(2)13-30(23)14-20/h4-5,10-14,24H,1,6-9,15H2,2-3H3. The number of anilines is 1. The van der Waals surface area contributed by atoms with E-state index < -0.39 is 0 Å². The summed E-state index contributed by atoms with van der Waals surface area (Å²) in [6, 6.07) is 10.5. The molecule has 0 spiro atoms. The normalized spacial score (nSPS) is 19.2. The average Bonchev–Trinajstić information content (AvgIpc) is 3.37. The molecule has 5 heterocycles. The SMILES string of the molecule is C=C1CCN2CCN(c3ccc4cc(-c5cc6c(C)nc(C)cn6c5)oc(=O)c4c3)CC12. The van der Waals surface area contributed by atoms with Crippen LogP contribution < -0.4 is 10.5 Å². The van der Waals surface area contributed by atoms with Crippen molar-refractivity contribution >= 4 is 22.0 Å². The quantitative estimate of drug-likeness (QED) is 0.450. The molecule has 6 heteroatoms. The van der Waals surface area contributed by atoms with Gasteiger partial charge in [-0.2, -0.15) is 0 Å². The molecule has 1 atom stereocenters. The number of aromatic nitrogens is 2. The molecule has 162 valence electrons. The van der Waals surface area contributed by atoms with Gasteiger partial charge in [-0.1, -0.05) is 18.2 Å². The second-order valence-corrected chi connectivity index (χ2v) is 9.06. The number of aryl methyl sites for hydroxylation is 2. The topological polar surface area (TPSA) is 54.0 Å². The van der Waals surface area contributed by atoms with Crippen molar-refractivity contribution in [3.05, 3.63) is 76.7 Å². The van der Waals surface area contributed by atoms with Crippen LogP contribution in [0.3, 0.4) is 0 Å². The number of rotatable bonds is 2. The Bertz CT molecular complexity index is 1450. The summed E-state index contributed by atoms with van der Waals surface area (Å²) in [7, 11) is 0. The summed E-state index contributed by atoms with van der Waals surface area (Å²) in [6.07, 6.45) is 5.06. The fourth-order valence-corrected chi connectivity index (χ4v) is 5.24. The van der Waals surface area contributed by atoms with Crippen molar-refractivity contribution in [2.24, 2.45) is 0 Å². The number of hydrogen-bond acceptors (Lipinski definition) is 5. The van der Waals surface area contributed by atoms with Crippen molar-refractivity contribution in [1.29, 1.82) is 0 Å². The highest BCUT2D eigenvalue weighted by molar-refractivity contribution is 5.87. The van der Waals surface area contributed by atoms with E-state index in [1.807, 2.05) is 54.9 Å². The van der Waals surface area contributed by atoms with E-state index in [1.54, 1.807) is 0 Å². The molecule has 0 amide bonds. The zero-order valence-electron chi connectivity index (χ0n) is 18.5. The van der Waals surface area contributed by atoms with E-state index in [1.165, 1.54) is 5.57 Å². The minimum atomic E-state index is -0.301. The Morgan fingerprint density at radius 2 is 1.97 bits per heavy atom. The van der Waals surface area contributed by atoms with Crippen LogP contribution in [-0.4, -0.2) is 46.5 Å². The summed E-state index contributed by atoms with van der Waals surface area (Å²) in [5.74, 6) is 0.576. The summed E-state index contributed by atoms with van der Waals surface area (Å²) in [6.45, 7) is 12.3. The van der Waals surface area contributed by atoms with Gasteiger partial charge in [0, 0.05) is 55.9 Å². The molecule has 0 bridgehead atoms. The van der Waals surface area contributed by atoms with Crippen LogP contribution in [0.1, 0.15) is 17.8 Å². The summed E-state index contributed by atoms with van der Waals surface area (Å²) >= 11 is 0. The molecule has 6 nitrogen and oxygen atoms in total. The molecule has 3 aromatic heterocycles. The first-order chi connectivity index (χ1) is 15.5. The van der Waals surface area contributed by atoms with Gasteiger partial charge in [-0.05, 0) is 49.9 Å². The Morgan fingerprint density at radius 1 is 1.09 bits per heavy atom. The van der Waals surface area contributed by atoms with Crippen LogP contribution in [0.15, 0.2) is 64.1 Å². The first kappa shape index (κ1) is 19.3. The molecule has 2 aliphatic rings. The molecule has 2 aliphatic heterocycles. The van der Waals surface area contributed by atoms with Crippen LogP contribution in [0.25, 0.3) is 27.6 Å². The van der Waals surface area contributed by atoms with Gasteiger partial charge in [-0.25, -0.2) is 4.79 Å². The first-order valence-electron chi connectivity index (χ1n) is 11.2. The molecule has 32 heavy (non-hydrogen) atoms. The van der Waals surface area contributed by atoms with Crippen molar-refractivity contribution in [1.82, 2.24) is 14.3 Å². The van der Waals surface area contributed by atoms with Crippen molar-refractivity contribution in [2.45, 2.75) is 26.3 Å². The van der Waals surface area contributed by atoms with Gasteiger partial charge in [0.2, 0.25) is 0 Å². The summed E-state index contributed by atoms with van der Waals surface area (Å²) < 4.78 is 7.81. The van der Waals surface area contributed by atoms with Crippen molar-refractivity contribution in [3.8, 4) is 11.3 Å². The van der Waals surface area contributed by atoms with Crippen LogP contribution in [0.5, 0.6) is 0 Å². The maximum atomic E-state index is 13.0. The average molecular weight is 427 g/mol. The number of benzene rings is 1. The lowest BCUT2D eigenvalue weighted by molar-refractivity contribution is 0.245. The molecule has 6 rings (SSSR count). The Labute approximate surface area is 186 Å². The molecule has 1 unspecified atom stereocenters. The summed E-state index contributed by atoms with van der Waals surface area (Å²) in [5.41, 5.74) is 5.88. The maximum absolute atomic E-state index is 13.0. The van der Waals surface area contributed by atoms with E-state index >= 15 is 0 Å². The highest BCUT2D eigenvalue weighted by Gasteiger charge is 2.33. The number of hydrogen-bond donors (Lipinski definition) is 0. The Hall–Kier alpha value is -3.38. The van der Waals surface area contributed by atoms with E-state index in [4.69, 9.17) is 4.42 Å². The predicted octanol–water partition coefficient (Wildman–Crippen LogP) is 4.18. The van der Waals surface area contributed by atoms with E-state index in [-0.39, 0.29) is 5.63 Å². The van der Waals surface area contributed by atoms with Crippen LogP contribution in [0.2, 0.25) is 0 Å². The summed E-state index contributed by atoms with van der Waals surface area (Å²) in [4.78, 5) is 22.4. The van der Waals surface area contributed by atoms with Gasteiger partial charge < -0.3 is 13.7 Å². The van der Waals surface area contributed by atoms with Gasteiger partial charge in [-0.15, -0.1) is 0 Å².